The maximum atomic E-state index is 12.0. The Balaban J connectivity index is 2.52. The summed E-state index contributed by atoms with van der Waals surface area (Å²) in [4.78, 5) is 16.1. The van der Waals surface area contributed by atoms with Crippen LogP contribution in [0.2, 0.25) is 0 Å². The van der Waals surface area contributed by atoms with Gasteiger partial charge in [0.05, 0.1) is 5.56 Å². The Labute approximate surface area is 115 Å². The molecular weight excluding hydrogens is 298 g/mol. The lowest BCUT2D eigenvalue weighted by molar-refractivity contribution is 0.0944. The minimum Gasteiger partial charge on any atom is -0.382 e. The first kappa shape index (κ1) is 14.9. The van der Waals surface area contributed by atoms with Gasteiger partial charge in [-0.15, -0.1) is 0 Å². The number of pyridine rings is 1. The predicted octanol–water partition coefficient (Wildman–Crippen LogP) is 2.04. The van der Waals surface area contributed by atoms with Crippen LogP contribution >= 0.6 is 15.9 Å². The molecule has 0 saturated carbocycles. The van der Waals surface area contributed by atoms with Gasteiger partial charge in [-0.05, 0) is 35.3 Å². The lowest BCUT2D eigenvalue weighted by atomic mass is 10.2. The van der Waals surface area contributed by atoms with Gasteiger partial charge in [-0.3, -0.25) is 4.79 Å². The van der Waals surface area contributed by atoms with Gasteiger partial charge in [-0.25, -0.2) is 4.98 Å². The summed E-state index contributed by atoms with van der Waals surface area (Å²) in [5.41, 5.74) is 0.531. The molecule has 0 aromatic carbocycles. The number of amides is 1. The van der Waals surface area contributed by atoms with Crippen molar-refractivity contribution in [1.82, 2.24) is 10.3 Å². The lowest BCUT2D eigenvalue weighted by Gasteiger charge is -2.09. The third-order valence-corrected chi connectivity index (χ3v) is 2.72. The number of hydrogen-bond acceptors (Lipinski definition) is 4. The van der Waals surface area contributed by atoms with Crippen molar-refractivity contribution >= 4 is 27.7 Å². The number of carbonyl (C=O) groups excluding carboxylic acids is 1. The molecule has 1 heterocycles. The standard InChI is InChI=1S/C12H18BrN3O2/c1-3-18-6-4-5-15-12(17)10-7-9(13)8-16-11(10)14-2/h7-8H,3-6H2,1-2H3,(H,14,16)(H,15,17). The summed E-state index contributed by atoms with van der Waals surface area (Å²) in [6.07, 6.45) is 2.45. The number of aromatic nitrogens is 1. The highest BCUT2D eigenvalue weighted by molar-refractivity contribution is 9.10. The normalized spacial score (nSPS) is 10.2. The van der Waals surface area contributed by atoms with E-state index >= 15 is 0 Å². The van der Waals surface area contributed by atoms with Crippen molar-refractivity contribution in [1.29, 1.82) is 0 Å². The summed E-state index contributed by atoms with van der Waals surface area (Å²) in [6, 6.07) is 1.75. The van der Waals surface area contributed by atoms with Crippen LogP contribution in [-0.2, 0) is 4.74 Å². The molecule has 1 aromatic rings. The minimum atomic E-state index is -0.135. The van der Waals surface area contributed by atoms with Crippen molar-refractivity contribution in [2.75, 3.05) is 32.1 Å². The quantitative estimate of drug-likeness (QED) is 0.756. The monoisotopic (exact) mass is 315 g/mol. The first-order chi connectivity index (χ1) is 8.69. The van der Waals surface area contributed by atoms with E-state index in [2.05, 4.69) is 31.5 Å². The minimum absolute atomic E-state index is 0.135. The van der Waals surface area contributed by atoms with Crippen LogP contribution in [0.25, 0.3) is 0 Å². The summed E-state index contributed by atoms with van der Waals surface area (Å²) in [6.45, 7) is 3.90. The molecule has 5 nitrogen and oxygen atoms in total. The van der Waals surface area contributed by atoms with Crippen LogP contribution in [0.15, 0.2) is 16.7 Å². The fourth-order valence-corrected chi connectivity index (χ4v) is 1.76. The molecule has 1 rings (SSSR count). The average molecular weight is 316 g/mol. The fraction of sp³-hybridized carbons (Fsp3) is 0.500. The van der Waals surface area contributed by atoms with E-state index < -0.39 is 0 Å². The molecule has 0 aliphatic carbocycles. The number of hydrogen-bond donors (Lipinski definition) is 2. The Bertz CT molecular complexity index is 399. The SMILES string of the molecule is CCOCCCNC(=O)c1cc(Br)cnc1NC. The first-order valence-electron chi connectivity index (χ1n) is 5.88. The van der Waals surface area contributed by atoms with Crippen molar-refractivity contribution in [3.8, 4) is 0 Å². The van der Waals surface area contributed by atoms with Crippen molar-refractivity contribution in [2.24, 2.45) is 0 Å². The summed E-state index contributed by atoms with van der Waals surface area (Å²) in [5.74, 6) is 0.435. The lowest BCUT2D eigenvalue weighted by Crippen LogP contribution is -2.26. The van der Waals surface area contributed by atoms with Gasteiger partial charge < -0.3 is 15.4 Å². The molecule has 0 saturated heterocycles. The molecule has 1 aromatic heterocycles. The zero-order valence-electron chi connectivity index (χ0n) is 10.6. The Morgan fingerprint density at radius 3 is 3.00 bits per heavy atom. The van der Waals surface area contributed by atoms with E-state index in [0.29, 0.717) is 31.1 Å². The summed E-state index contributed by atoms with van der Waals surface area (Å²) in [5, 5.41) is 5.74. The molecule has 0 aliphatic rings. The second-order valence-corrected chi connectivity index (χ2v) is 4.52. The van der Waals surface area contributed by atoms with E-state index in [1.807, 2.05) is 6.92 Å². The van der Waals surface area contributed by atoms with E-state index in [0.717, 1.165) is 10.9 Å². The molecule has 2 N–H and O–H groups in total. The van der Waals surface area contributed by atoms with Gasteiger partial charge in [-0.2, -0.15) is 0 Å². The van der Waals surface area contributed by atoms with Crippen molar-refractivity contribution in [2.45, 2.75) is 13.3 Å². The third-order valence-electron chi connectivity index (χ3n) is 2.29. The molecule has 0 bridgehead atoms. The van der Waals surface area contributed by atoms with Gasteiger partial charge >= 0.3 is 0 Å². The molecule has 0 atom stereocenters. The number of halogens is 1. The topological polar surface area (TPSA) is 63.2 Å². The second kappa shape index (κ2) is 8.05. The van der Waals surface area contributed by atoms with E-state index in [1.54, 1.807) is 19.3 Å². The highest BCUT2D eigenvalue weighted by Crippen LogP contribution is 2.17. The largest absolute Gasteiger partial charge is 0.382 e. The van der Waals surface area contributed by atoms with Gasteiger partial charge in [0.15, 0.2) is 0 Å². The fourth-order valence-electron chi connectivity index (χ4n) is 1.43. The zero-order valence-corrected chi connectivity index (χ0v) is 12.2. The maximum absolute atomic E-state index is 12.0. The van der Waals surface area contributed by atoms with Crippen molar-refractivity contribution in [3.63, 3.8) is 0 Å². The molecule has 1 amide bonds. The molecule has 100 valence electrons. The summed E-state index contributed by atoms with van der Waals surface area (Å²) < 4.78 is 5.98. The number of carbonyl (C=O) groups is 1. The molecule has 0 radical (unpaired) electrons. The highest BCUT2D eigenvalue weighted by Gasteiger charge is 2.11. The predicted molar refractivity (Wildman–Crippen MR) is 74.9 cm³/mol. The van der Waals surface area contributed by atoms with Gasteiger partial charge in [0.1, 0.15) is 5.82 Å². The molecule has 0 fully saturated rings. The van der Waals surface area contributed by atoms with Gasteiger partial charge in [0.25, 0.3) is 5.91 Å². The Hall–Kier alpha value is -1.14. The number of ether oxygens (including phenoxy) is 1. The zero-order chi connectivity index (χ0) is 13.4. The molecule has 6 heteroatoms. The number of anilines is 1. The van der Waals surface area contributed by atoms with Crippen LogP contribution in [0.5, 0.6) is 0 Å². The van der Waals surface area contributed by atoms with E-state index in [9.17, 15) is 4.79 Å². The highest BCUT2D eigenvalue weighted by atomic mass is 79.9. The molecule has 0 aliphatic heterocycles. The van der Waals surface area contributed by atoms with Gasteiger partial charge in [-0.1, -0.05) is 0 Å². The average Bonchev–Trinajstić information content (AvgIpc) is 2.38. The van der Waals surface area contributed by atoms with Crippen LogP contribution in [0.4, 0.5) is 5.82 Å². The maximum Gasteiger partial charge on any atom is 0.255 e. The molecule has 0 spiro atoms. The molecular formula is C12H18BrN3O2. The molecule has 0 unspecified atom stereocenters. The Morgan fingerprint density at radius 2 is 2.33 bits per heavy atom. The van der Waals surface area contributed by atoms with Gasteiger partial charge in [0, 0.05) is 37.5 Å². The van der Waals surface area contributed by atoms with E-state index in [1.165, 1.54) is 0 Å². The number of nitrogens with one attached hydrogen (secondary N) is 2. The van der Waals surface area contributed by atoms with Crippen LogP contribution in [0, 0.1) is 0 Å². The Morgan fingerprint density at radius 1 is 1.56 bits per heavy atom. The summed E-state index contributed by atoms with van der Waals surface area (Å²) in [7, 11) is 1.74. The summed E-state index contributed by atoms with van der Waals surface area (Å²) >= 11 is 3.31. The smallest absolute Gasteiger partial charge is 0.255 e. The first-order valence-corrected chi connectivity index (χ1v) is 6.67. The van der Waals surface area contributed by atoms with E-state index in [4.69, 9.17) is 4.74 Å². The van der Waals surface area contributed by atoms with E-state index in [-0.39, 0.29) is 5.91 Å². The van der Waals surface area contributed by atoms with Gasteiger partial charge in [0.2, 0.25) is 0 Å². The Kier molecular flexibility index (Phi) is 6.67. The molecule has 18 heavy (non-hydrogen) atoms. The van der Waals surface area contributed by atoms with Crippen molar-refractivity contribution in [3.05, 3.63) is 22.3 Å². The number of rotatable bonds is 7. The third kappa shape index (κ3) is 4.62. The van der Waals surface area contributed by atoms with Crippen LogP contribution in [0.3, 0.4) is 0 Å². The number of nitrogens with zero attached hydrogens (tertiary/aromatic N) is 1. The van der Waals surface area contributed by atoms with Crippen LogP contribution in [0.1, 0.15) is 23.7 Å². The van der Waals surface area contributed by atoms with Crippen LogP contribution < -0.4 is 10.6 Å². The second-order valence-electron chi connectivity index (χ2n) is 3.61. The van der Waals surface area contributed by atoms with Crippen molar-refractivity contribution < 1.29 is 9.53 Å². The van der Waals surface area contributed by atoms with Crippen LogP contribution in [-0.4, -0.2) is 37.7 Å².